The van der Waals surface area contributed by atoms with Crippen molar-refractivity contribution in [2.45, 2.75) is 52.0 Å². The fourth-order valence-corrected chi connectivity index (χ4v) is 5.34. The Kier molecular flexibility index (Phi) is 7.63. The van der Waals surface area contributed by atoms with E-state index in [1.165, 1.54) is 12.8 Å². The van der Waals surface area contributed by atoms with Crippen molar-refractivity contribution < 1.29 is 23.4 Å². The van der Waals surface area contributed by atoms with Gasteiger partial charge in [-0.2, -0.15) is 4.98 Å². The molecule has 5 N–H and O–H groups in total. The van der Waals surface area contributed by atoms with Crippen molar-refractivity contribution in [1.82, 2.24) is 9.97 Å². The van der Waals surface area contributed by atoms with E-state index in [9.17, 15) is 18.3 Å². The van der Waals surface area contributed by atoms with Crippen molar-refractivity contribution in [1.29, 1.82) is 0 Å². The van der Waals surface area contributed by atoms with Crippen LogP contribution in [0.2, 0.25) is 0 Å². The number of aryl methyl sites for hydroxylation is 1. The summed E-state index contributed by atoms with van der Waals surface area (Å²) in [6, 6.07) is 6.48. The van der Waals surface area contributed by atoms with Gasteiger partial charge >= 0.3 is 0 Å². The van der Waals surface area contributed by atoms with Crippen molar-refractivity contribution in [3.63, 3.8) is 0 Å². The third-order valence-corrected chi connectivity index (χ3v) is 8.21. The van der Waals surface area contributed by atoms with Crippen LogP contribution in [0.3, 0.4) is 0 Å². The minimum Gasteiger partial charge on any atom is -0.395 e. The van der Waals surface area contributed by atoms with E-state index in [0.29, 0.717) is 33.9 Å². The number of sulfonamides is 1. The SMILES string of the molecule is Cc1cc(NC(=O)c2ccc(NS(=O)(=O)CCO)cc2N2CCC3(CC2)CC3)nc(NC(C)(C)CO)n1. The van der Waals surface area contributed by atoms with Crippen LogP contribution in [0.1, 0.15) is 55.6 Å². The molecule has 0 bridgehead atoms. The van der Waals surface area contributed by atoms with Gasteiger partial charge in [-0.1, -0.05) is 0 Å². The minimum atomic E-state index is -3.71. The van der Waals surface area contributed by atoms with Crippen LogP contribution in [0.15, 0.2) is 24.3 Å². The lowest BCUT2D eigenvalue weighted by Gasteiger charge is -2.35. The second-order valence-corrected chi connectivity index (χ2v) is 12.5. The first-order chi connectivity index (χ1) is 17.4. The number of aliphatic hydroxyl groups is 2. The Morgan fingerprint density at radius 3 is 2.43 bits per heavy atom. The van der Waals surface area contributed by atoms with Crippen molar-refractivity contribution in [2.75, 3.05) is 52.3 Å². The number of piperidine rings is 1. The van der Waals surface area contributed by atoms with Crippen LogP contribution in [-0.4, -0.2) is 72.1 Å². The summed E-state index contributed by atoms with van der Waals surface area (Å²) in [6.07, 6.45) is 4.56. The fourth-order valence-electron chi connectivity index (χ4n) is 4.51. The van der Waals surface area contributed by atoms with Crippen LogP contribution in [0.5, 0.6) is 0 Å². The Balaban J connectivity index is 1.60. The summed E-state index contributed by atoms with van der Waals surface area (Å²) >= 11 is 0. The molecule has 1 saturated heterocycles. The number of hydrogen-bond donors (Lipinski definition) is 5. The van der Waals surface area contributed by atoms with Crippen LogP contribution in [-0.2, 0) is 10.0 Å². The molecular weight excluding hydrogens is 496 g/mol. The number of anilines is 4. The topological polar surface area (TPSA) is 157 Å². The predicted molar refractivity (Wildman–Crippen MR) is 144 cm³/mol. The van der Waals surface area contributed by atoms with Crippen molar-refractivity contribution in [3.05, 3.63) is 35.5 Å². The van der Waals surface area contributed by atoms with E-state index in [4.69, 9.17) is 5.11 Å². The Morgan fingerprint density at radius 2 is 1.81 bits per heavy atom. The van der Waals surface area contributed by atoms with E-state index in [2.05, 4.69) is 30.2 Å². The molecule has 0 radical (unpaired) electrons. The van der Waals surface area contributed by atoms with Gasteiger partial charge < -0.3 is 25.7 Å². The van der Waals surface area contributed by atoms with Gasteiger partial charge in [0.05, 0.1) is 41.4 Å². The van der Waals surface area contributed by atoms with E-state index in [1.54, 1.807) is 31.2 Å². The number of rotatable bonds is 10. The molecule has 1 amide bonds. The molecule has 12 heteroatoms. The number of hydrogen-bond acceptors (Lipinski definition) is 9. The van der Waals surface area contributed by atoms with Crippen molar-refractivity contribution >= 4 is 39.1 Å². The third kappa shape index (κ3) is 6.88. The highest BCUT2D eigenvalue weighted by molar-refractivity contribution is 7.92. The maximum Gasteiger partial charge on any atom is 0.258 e. The normalized spacial score (nSPS) is 16.9. The second kappa shape index (κ2) is 10.4. The fraction of sp³-hybridized carbons (Fsp3) is 0.560. The lowest BCUT2D eigenvalue weighted by molar-refractivity contribution is 0.102. The smallest absolute Gasteiger partial charge is 0.258 e. The van der Waals surface area contributed by atoms with E-state index in [1.807, 2.05) is 13.8 Å². The largest absolute Gasteiger partial charge is 0.395 e. The number of nitrogens with zero attached hydrogens (tertiary/aromatic N) is 3. The lowest BCUT2D eigenvalue weighted by atomic mass is 9.93. The molecular formula is C25H36N6O5S. The number of amides is 1. The molecule has 0 unspecified atom stereocenters. The molecule has 2 aromatic rings. The van der Waals surface area contributed by atoms with E-state index < -0.39 is 27.9 Å². The zero-order valence-electron chi connectivity index (χ0n) is 21.5. The molecule has 4 rings (SSSR count). The summed E-state index contributed by atoms with van der Waals surface area (Å²) in [6.45, 7) is 6.36. The Labute approximate surface area is 217 Å². The number of nitrogens with one attached hydrogen (secondary N) is 3. The molecule has 1 aliphatic heterocycles. The van der Waals surface area contributed by atoms with Gasteiger partial charge in [0.15, 0.2) is 0 Å². The molecule has 1 aromatic heterocycles. The first-order valence-electron chi connectivity index (χ1n) is 12.5. The van der Waals surface area contributed by atoms with Gasteiger partial charge in [0.1, 0.15) is 5.82 Å². The first kappa shape index (κ1) is 27.1. The Bertz CT molecular complexity index is 1250. The molecule has 0 atom stereocenters. The Hall–Kier alpha value is -2.96. The number of carbonyl (C=O) groups is 1. The number of benzene rings is 1. The summed E-state index contributed by atoms with van der Waals surface area (Å²) in [5.41, 5.74) is 1.81. The van der Waals surface area contributed by atoms with Gasteiger partial charge in [0.2, 0.25) is 16.0 Å². The molecule has 2 aliphatic rings. The van der Waals surface area contributed by atoms with E-state index >= 15 is 0 Å². The summed E-state index contributed by atoms with van der Waals surface area (Å²) in [5, 5.41) is 24.5. The zero-order valence-corrected chi connectivity index (χ0v) is 22.4. The molecule has 37 heavy (non-hydrogen) atoms. The molecule has 2 heterocycles. The predicted octanol–water partition coefficient (Wildman–Crippen LogP) is 2.33. The van der Waals surface area contributed by atoms with Crippen LogP contribution in [0.25, 0.3) is 0 Å². The molecule has 1 aliphatic carbocycles. The number of aliphatic hydroxyl groups excluding tert-OH is 2. The van der Waals surface area contributed by atoms with Gasteiger partial charge in [0.25, 0.3) is 5.91 Å². The molecule has 2 fully saturated rings. The van der Waals surface area contributed by atoms with Crippen LogP contribution in [0, 0.1) is 12.3 Å². The summed E-state index contributed by atoms with van der Waals surface area (Å²) in [4.78, 5) is 24.3. The van der Waals surface area contributed by atoms with Gasteiger partial charge in [-0.05, 0) is 70.1 Å². The maximum atomic E-state index is 13.4. The van der Waals surface area contributed by atoms with Crippen molar-refractivity contribution in [2.24, 2.45) is 5.41 Å². The minimum absolute atomic E-state index is 0.124. The van der Waals surface area contributed by atoms with E-state index in [0.717, 1.165) is 25.9 Å². The molecule has 202 valence electrons. The molecule has 1 spiro atoms. The van der Waals surface area contributed by atoms with Crippen molar-refractivity contribution in [3.8, 4) is 0 Å². The average molecular weight is 533 g/mol. The standard InChI is InChI=1S/C25H36N6O5S/c1-17-14-21(28-23(26-17)29-24(2,3)16-33)27-22(34)19-5-4-18(30-37(35,36)13-12-32)15-20(19)31-10-8-25(6-7-25)9-11-31/h4-5,14-15,30,32-33H,6-13,16H2,1-3H3,(H2,26,27,28,29,34). The Morgan fingerprint density at radius 1 is 1.11 bits per heavy atom. The monoisotopic (exact) mass is 532 g/mol. The van der Waals surface area contributed by atoms with Gasteiger partial charge in [-0.25, -0.2) is 13.4 Å². The summed E-state index contributed by atoms with van der Waals surface area (Å²) in [5.74, 6) is -0.193. The molecule has 1 aromatic carbocycles. The van der Waals surface area contributed by atoms with E-state index in [-0.39, 0.29) is 18.5 Å². The average Bonchev–Trinajstić information content (AvgIpc) is 3.57. The van der Waals surface area contributed by atoms with Crippen LogP contribution < -0.4 is 20.3 Å². The van der Waals surface area contributed by atoms with Crippen LogP contribution in [0.4, 0.5) is 23.1 Å². The maximum absolute atomic E-state index is 13.4. The number of carbonyl (C=O) groups excluding carboxylic acids is 1. The number of aromatic nitrogens is 2. The molecule has 11 nitrogen and oxygen atoms in total. The quantitative estimate of drug-likeness (QED) is 0.310. The highest BCUT2D eigenvalue weighted by Crippen LogP contribution is 2.54. The third-order valence-electron chi connectivity index (χ3n) is 6.94. The lowest BCUT2D eigenvalue weighted by Crippen LogP contribution is -2.36. The zero-order chi connectivity index (χ0) is 26.8. The second-order valence-electron chi connectivity index (χ2n) is 10.7. The summed E-state index contributed by atoms with van der Waals surface area (Å²) < 4.78 is 26.9. The summed E-state index contributed by atoms with van der Waals surface area (Å²) in [7, 11) is -3.71. The van der Waals surface area contributed by atoms with Crippen LogP contribution >= 0.6 is 0 Å². The van der Waals surface area contributed by atoms with Gasteiger partial charge in [0, 0.05) is 24.8 Å². The first-order valence-corrected chi connectivity index (χ1v) is 14.1. The van der Waals surface area contributed by atoms with Gasteiger partial charge in [-0.15, -0.1) is 0 Å². The van der Waals surface area contributed by atoms with Gasteiger partial charge in [-0.3, -0.25) is 9.52 Å². The highest BCUT2D eigenvalue weighted by Gasteiger charge is 2.44. The molecule has 1 saturated carbocycles. The highest BCUT2D eigenvalue weighted by atomic mass is 32.2.